The molecule has 0 atom stereocenters. The second-order valence-corrected chi connectivity index (χ2v) is 14.2. The molecular weight excluding hydrogens is 887 g/mol. The molecule has 0 amide bonds. The molecule has 328 valence electrons. The number of halogens is 20. The van der Waals surface area contributed by atoms with E-state index in [2.05, 4.69) is 54.6 Å². The van der Waals surface area contributed by atoms with Crippen LogP contribution >= 0.6 is 0 Å². The molecule has 1 aromatic heterocycles. The van der Waals surface area contributed by atoms with Gasteiger partial charge in [0.05, 0.1) is 12.4 Å². The van der Waals surface area contributed by atoms with Gasteiger partial charge in [0.2, 0.25) is 0 Å². The Hall–Kier alpha value is -6.16. The molecule has 0 saturated carbocycles. The molecule has 0 bridgehead atoms. The molecule has 0 N–H and O–H groups in total. The van der Waals surface area contributed by atoms with Gasteiger partial charge in [-0.1, -0.05) is 45.0 Å². The predicted molar refractivity (Wildman–Crippen MR) is 178 cm³/mol. The summed E-state index contributed by atoms with van der Waals surface area (Å²) < 4.78 is 296. The fourth-order valence-corrected chi connectivity index (χ4v) is 6.65. The first kappa shape index (κ1) is 46.9. The van der Waals surface area contributed by atoms with Crippen molar-refractivity contribution in [3.05, 3.63) is 177 Å². The average molecular weight is 906 g/mol. The number of rotatable bonds is 6. The Morgan fingerprint density at radius 1 is 0.371 bits per heavy atom. The molecule has 0 fully saturated rings. The lowest BCUT2D eigenvalue weighted by Crippen LogP contribution is -2.81. The minimum Gasteiger partial charge on any atom is -0.252 e. The molecule has 0 unspecified atom stereocenters. The van der Waals surface area contributed by atoms with Gasteiger partial charge >= 0.3 is 0 Å². The number of benzene rings is 5. The van der Waals surface area contributed by atoms with Gasteiger partial charge in [0.25, 0.3) is 0 Å². The summed E-state index contributed by atoms with van der Waals surface area (Å²) in [6.07, 6.45) is 0.369. The summed E-state index contributed by atoms with van der Waals surface area (Å²) in [6, 6.07) is 8.84. The molecule has 0 spiro atoms. The fraction of sp³-hybridized carbons (Fsp3) is 0.128. The molecule has 6 rings (SSSR count). The molecule has 0 aliphatic heterocycles. The normalized spacial score (nSPS) is 11.9. The third-order valence-corrected chi connectivity index (χ3v) is 9.58. The predicted octanol–water partition coefficient (Wildman–Crippen LogP) is 8.56. The quantitative estimate of drug-likeness (QED) is 0.0539. The first-order valence-corrected chi connectivity index (χ1v) is 16.9. The number of hydrogen-bond acceptors (Lipinski definition) is 1. The van der Waals surface area contributed by atoms with Gasteiger partial charge in [-0.2, -0.15) is 4.57 Å². The Morgan fingerprint density at radius 2 is 0.597 bits per heavy atom. The lowest BCUT2D eigenvalue weighted by Gasteiger charge is -2.44. The third kappa shape index (κ3) is 7.47. The van der Waals surface area contributed by atoms with Crippen LogP contribution in [0.1, 0.15) is 31.9 Å². The Balaban J connectivity index is 0.000000355. The highest BCUT2D eigenvalue weighted by atomic mass is 19.2. The van der Waals surface area contributed by atoms with E-state index >= 15 is 35.1 Å². The maximum atomic E-state index is 15.4. The molecule has 23 heteroatoms. The van der Waals surface area contributed by atoms with Gasteiger partial charge in [-0.15, -0.1) is 21.9 Å². The van der Waals surface area contributed by atoms with E-state index in [0.29, 0.717) is 0 Å². The van der Waals surface area contributed by atoms with E-state index in [1.807, 2.05) is 24.8 Å². The fourth-order valence-electron chi connectivity index (χ4n) is 6.65. The highest BCUT2D eigenvalue weighted by Gasteiger charge is 2.52. The highest BCUT2D eigenvalue weighted by Crippen LogP contribution is 2.31. The second-order valence-electron chi connectivity index (χ2n) is 14.2. The lowest BCUT2D eigenvalue weighted by molar-refractivity contribution is -0.688. The minimum absolute atomic E-state index is 0.225. The van der Waals surface area contributed by atoms with Crippen LogP contribution in [0.15, 0.2) is 49.1 Å². The second kappa shape index (κ2) is 17.0. The molecule has 1 heterocycles. The van der Waals surface area contributed by atoms with Crippen molar-refractivity contribution in [1.29, 1.82) is 0 Å². The largest absolute Gasteiger partial charge is 0.252 e. The van der Waals surface area contributed by atoms with Crippen LogP contribution in [0, 0.1) is 116 Å². The summed E-state index contributed by atoms with van der Waals surface area (Å²) in [4.78, 5) is 4.01. The Kier molecular flexibility index (Phi) is 12.8. The monoisotopic (exact) mass is 906 g/mol. The molecule has 0 aliphatic carbocycles. The van der Waals surface area contributed by atoms with Crippen molar-refractivity contribution in [3.63, 3.8) is 0 Å². The Labute approximate surface area is 334 Å². The zero-order chi connectivity index (χ0) is 46.7. The van der Waals surface area contributed by atoms with Crippen LogP contribution < -0.4 is 26.4 Å². The molecule has 0 radical (unpaired) electrons. The summed E-state index contributed by atoms with van der Waals surface area (Å²) >= 11 is 0. The van der Waals surface area contributed by atoms with Crippen molar-refractivity contribution >= 4 is 28.0 Å². The standard InChI is InChI=1S/C24BF20.C15H19N2/c26-5-1(6(27)14(35)21(42)13(5)34)25(2-7(28)15(36)22(43)16(37)8(2)29,3-9(30)17(38)23(44)18(39)10(3)31)4-11(32)19(40)24(45)20(41)12(4)33;1-15(2,3)14-6-4-13(5-7-14)12-17-10-8-16-9-11-17/h;4-11H,12H2,1-3H3/q-1;+1. The van der Waals surface area contributed by atoms with Crippen molar-refractivity contribution in [2.24, 2.45) is 0 Å². The molecule has 6 aromatic rings. The van der Waals surface area contributed by atoms with Gasteiger partial charge in [0, 0.05) is 5.56 Å². The van der Waals surface area contributed by atoms with E-state index in [-0.39, 0.29) is 5.41 Å². The summed E-state index contributed by atoms with van der Waals surface area (Å²) in [5.74, 6) is -71.4. The van der Waals surface area contributed by atoms with Crippen LogP contribution in [-0.2, 0) is 12.0 Å². The van der Waals surface area contributed by atoms with Crippen molar-refractivity contribution in [1.82, 2.24) is 4.98 Å². The van der Waals surface area contributed by atoms with Gasteiger partial charge in [0.1, 0.15) is 52.7 Å². The first-order valence-electron chi connectivity index (χ1n) is 16.9. The maximum Gasteiger partial charge on any atom is 0.200 e. The van der Waals surface area contributed by atoms with Gasteiger partial charge in [-0.3, -0.25) is 4.98 Å². The van der Waals surface area contributed by atoms with Crippen LogP contribution in [0.4, 0.5) is 87.8 Å². The molecule has 0 aliphatic rings. The van der Waals surface area contributed by atoms with E-state index in [1.165, 1.54) is 11.1 Å². The minimum atomic E-state index is -7.22. The van der Waals surface area contributed by atoms with Crippen molar-refractivity contribution in [3.8, 4) is 0 Å². The van der Waals surface area contributed by atoms with Crippen LogP contribution in [0.5, 0.6) is 0 Å². The zero-order valence-electron chi connectivity index (χ0n) is 30.9. The van der Waals surface area contributed by atoms with Crippen LogP contribution in [0.25, 0.3) is 0 Å². The zero-order valence-corrected chi connectivity index (χ0v) is 30.9. The van der Waals surface area contributed by atoms with Crippen molar-refractivity contribution < 1.29 is 92.4 Å². The smallest absolute Gasteiger partial charge is 0.200 e. The molecule has 62 heavy (non-hydrogen) atoms. The number of hydrogen-bond donors (Lipinski definition) is 0. The van der Waals surface area contributed by atoms with E-state index in [9.17, 15) is 52.7 Å². The van der Waals surface area contributed by atoms with E-state index in [0.717, 1.165) is 6.54 Å². The topological polar surface area (TPSA) is 16.8 Å². The molecule has 2 nitrogen and oxygen atoms in total. The van der Waals surface area contributed by atoms with Gasteiger partial charge in [-0.05, 0) is 11.0 Å². The Bertz CT molecular complexity index is 2360. The molecular formula is C39H19BF20N2. The van der Waals surface area contributed by atoms with Crippen molar-refractivity contribution in [2.75, 3.05) is 0 Å². The van der Waals surface area contributed by atoms with E-state index in [4.69, 9.17) is 0 Å². The Morgan fingerprint density at radius 3 is 0.823 bits per heavy atom. The van der Waals surface area contributed by atoms with Crippen LogP contribution in [-0.4, -0.2) is 11.1 Å². The van der Waals surface area contributed by atoms with Crippen LogP contribution in [0.3, 0.4) is 0 Å². The van der Waals surface area contributed by atoms with Crippen molar-refractivity contribution in [2.45, 2.75) is 32.7 Å². The number of nitrogens with zero attached hydrogens (tertiary/aromatic N) is 2. The van der Waals surface area contributed by atoms with Crippen LogP contribution in [0.2, 0.25) is 0 Å². The summed E-state index contributed by atoms with van der Waals surface area (Å²) in [5.41, 5.74) is -11.4. The third-order valence-electron chi connectivity index (χ3n) is 9.58. The average Bonchev–Trinajstić information content (AvgIpc) is 3.24. The molecule has 0 saturated heterocycles. The SMILES string of the molecule is CC(C)(C)c1ccc(C[n+]2ccncc2)cc1.Fc1c(F)c(F)c([B-](c2c(F)c(F)c(F)c(F)c2F)(c2c(F)c(F)c(F)c(F)c2F)c2c(F)c(F)c(F)c(F)c2F)c(F)c1F. The van der Waals surface area contributed by atoms with E-state index < -0.39 is 144 Å². The molecule has 5 aromatic carbocycles. The van der Waals surface area contributed by atoms with Gasteiger partial charge in [-0.25, -0.2) is 87.8 Å². The first-order chi connectivity index (χ1) is 28.8. The lowest BCUT2D eigenvalue weighted by atomic mass is 9.12. The maximum absolute atomic E-state index is 15.4. The summed E-state index contributed by atoms with van der Waals surface area (Å²) in [6.45, 7) is 7.60. The highest BCUT2D eigenvalue weighted by molar-refractivity contribution is 7.20. The summed E-state index contributed by atoms with van der Waals surface area (Å²) in [7, 11) is 0. The van der Waals surface area contributed by atoms with E-state index in [1.54, 1.807) is 0 Å². The number of aromatic nitrogens is 2. The van der Waals surface area contributed by atoms with Gasteiger partial charge in [0.15, 0.2) is 88.7 Å². The summed E-state index contributed by atoms with van der Waals surface area (Å²) in [5, 5.41) is 0. The van der Waals surface area contributed by atoms with Gasteiger partial charge < -0.3 is 0 Å².